The van der Waals surface area contributed by atoms with Crippen molar-refractivity contribution in [3.63, 3.8) is 0 Å². The Morgan fingerprint density at radius 2 is 2.04 bits per heavy atom. The first-order valence-electron chi connectivity index (χ1n) is 7.60. The highest BCUT2D eigenvalue weighted by Gasteiger charge is 2.50. The van der Waals surface area contributed by atoms with Gasteiger partial charge in [-0.05, 0) is 25.1 Å². The molecule has 130 valence electrons. The van der Waals surface area contributed by atoms with Crippen molar-refractivity contribution in [3.05, 3.63) is 59.8 Å². The summed E-state index contributed by atoms with van der Waals surface area (Å²) in [4.78, 5) is 37.5. The summed E-state index contributed by atoms with van der Waals surface area (Å²) in [6, 6.07) is 8.31. The number of benzene rings is 1. The number of hydrogen-bond acceptors (Lipinski definition) is 4. The fourth-order valence-electron chi connectivity index (χ4n) is 2.69. The van der Waals surface area contributed by atoms with Gasteiger partial charge >= 0.3 is 6.03 Å². The highest BCUT2D eigenvalue weighted by molar-refractivity contribution is 6.09. The molecule has 1 fully saturated rings. The van der Waals surface area contributed by atoms with Crippen LogP contribution in [0.2, 0.25) is 0 Å². The van der Waals surface area contributed by atoms with Gasteiger partial charge in [-0.3, -0.25) is 14.5 Å². The third kappa shape index (κ3) is 3.10. The van der Waals surface area contributed by atoms with E-state index in [9.17, 15) is 18.8 Å². The molecule has 8 heteroatoms. The normalized spacial score (nSPS) is 19.8. The summed E-state index contributed by atoms with van der Waals surface area (Å²) in [5, 5.41) is 5.01. The summed E-state index contributed by atoms with van der Waals surface area (Å²) >= 11 is 0. The number of furan rings is 1. The molecule has 25 heavy (non-hydrogen) atoms. The zero-order chi connectivity index (χ0) is 18.0. The number of nitrogens with zero attached hydrogens (tertiary/aromatic N) is 1. The van der Waals surface area contributed by atoms with Crippen LogP contribution in [0, 0.1) is 5.82 Å². The van der Waals surface area contributed by atoms with Crippen LogP contribution in [0.15, 0.2) is 47.1 Å². The predicted molar refractivity (Wildman–Crippen MR) is 84.6 cm³/mol. The maximum atomic E-state index is 14.0. The molecule has 0 bridgehead atoms. The van der Waals surface area contributed by atoms with E-state index in [0.29, 0.717) is 5.76 Å². The van der Waals surface area contributed by atoms with Gasteiger partial charge in [0.25, 0.3) is 5.91 Å². The van der Waals surface area contributed by atoms with Crippen molar-refractivity contribution in [1.82, 2.24) is 15.5 Å². The molecule has 1 saturated heterocycles. The number of imide groups is 1. The molecule has 2 aromatic rings. The van der Waals surface area contributed by atoms with Gasteiger partial charge in [-0.25, -0.2) is 9.18 Å². The SMILES string of the molecule is C[C@]1(c2ccccc2F)NC(=O)N(CC(=O)NCc2ccco2)C1=O. The van der Waals surface area contributed by atoms with Crippen molar-refractivity contribution in [1.29, 1.82) is 0 Å². The number of amides is 4. The molecule has 1 aromatic carbocycles. The van der Waals surface area contributed by atoms with Gasteiger partial charge in [-0.2, -0.15) is 0 Å². The fourth-order valence-corrected chi connectivity index (χ4v) is 2.69. The zero-order valence-corrected chi connectivity index (χ0v) is 13.4. The van der Waals surface area contributed by atoms with Gasteiger partial charge in [-0.15, -0.1) is 0 Å². The minimum atomic E-state index is -1.55. The first kappa shape index (κ1) is 16.7. The van der Waals surface area contributed by atoms with E-state index in [2.05, 4.69) is 10.6 Å². The van der Waals surface area contributed by atoms with Crippen molar-refractivity contribution >= 4 is 17.8 Å². The highest BCUT2D eigenvalue weighted by atomic mass is 19.1. The lowest BCUT2D eigenvalue weighted by atomic mass is 9.91. The lowest BCUT2D eigenvalue weighted by Gasteiger charge is -2.22. The third-order valence-corrected chi connectivity index (χ3v) is 4.03. The molecule has 2 heterocycles. The molecule has 0 aliphatic carbocycles. The van der Waals surface area contributed by atoms with E-state index in [0.717, 1.165) is 4.90 Å². The topological polar surface area (TPSA) is 91.7 Å². The summed E-state index contributed by atoms with van der Waals surface area (Å²) < 4.78 is 19.1. The Balaban J connectivity index is 1.71. The van der Waals surface area contributed by atoms with Crippen LogP contribution >= 0.6 is 0 Å². The Hall–Kier alpha value is -3.16. The van der Waals surface area contributed by atoms with Crippen LogP contribution in [-0.4, -0.2) is 29.3 Å². The first-order valence-corrected chi connectivity index (χ1v) is 7.60. The second-order valence-electron chi connectivity index (χ2n) is 5.78. The Bertz CT molecular complexity index is 821. The number of urea groups is 1. The maximum absolute atomic E-state index is 14.0. The minimum Gasteiger partial charge on any atom is -0.467 e. The minimum absolute atomic E-state index is 0.0480. The van der Waals surface area contributed by atoms with E-state index < -0.39 is 35.7 Å². The van der Waals surface area contributed by atoms with Crippen LogP contribution < -0.4 is 10.6 Å². The van der Waals surface area contributed by atoms with E-state index in [-0.39, 0.29) is 12.1 Å². The highest BCUT2D eigenvalue weighted by Crippen LogP contribution is 2.30. The van der Waals surface area contributed by atoms with E-state index in [1.54, 1.807) is 18.2 Å². The smallest absolute Gasteiger partial charge is 0.325 e. The van der Waals surface area contributed by atoms with E-state index in [1.807, 2.05) is 0 Å². The first-order chi connectivity index (χ1) is 11.9. The van der Waals surface area contributed by atoms with Crippen LogP contribution in [0.5, 0.6) is 0 Å². The Morgan fingerprint density at radius 1 is 1.28 bits per heavy atom. The van der Waals surface area contributed by atoms with Gasteiger partial charge < -0.3 is 15.1 Å². The van der Waals surface area contributed by atoms with Crippen LogP contribution in [0.1, 0.15) is 18.2 Å². The van der Waals surface area contributed by atoms with Crippen molar-refractivity contribution in [2.45, 2.75) is 19.0 Å². The van der Waals surface area contributed by atoms with Gasteiger partial charge in [0.1, 0.15) is 23.7 Å². The average molecular weight is 345 g/mol. The third-order valence-electron chi connectivity index (χ3n) is 4.03. The molecule has 1 atom stereocenters. The van der Waals surface area contributed by atoms with Crippen LogP contribution in [-0.2, 0) is 21.7 Å². The van der Waals surface area contributed by atoms with Crippen LogP contribution in [0.4, 0.5) is 9.18 Å². The van der Waals surface area contributed by atoms with Crippen molar-refractivity contribution in [2.75, 3.05) is 6.54 Å². The number of carbonyl (C=O) groups excluding carboxylic acids is 3. The summed E-state index contributed by atoms with van der Waals surface area (Å²) in [6.45, 7) is 1.09. The Morgan fingerprint density at radius 3 is 2.72 bits per heavy atom. The zero-order valence-electron chi connectivity index (χ0n) is 13.4. The molecule has 2 N–H and O–H groups in total. The number of halogens is 1. The Labute approximate surface area is 142 Å². The van der Waals surface area contributed by atoms with Crippen molar-refractivity contribution < 1.29 is 23.2 Å². The average Bonchev–Trinajstić information content (AvgIpc) is 3.17. The number of nitrogens with one attached hydrogen (secondary N) is 2. The fraction of sp³-hybridized carbons (Fsp3) is 0.235. The van der Waals surface area contributed by atoms with Gasteiger partial charge in [0, 0.05) is 5.56 Å². The second kappa shape index (κ2) is 6.39. The standard InChI is InChI=1S/C17H16FN3O4/c1-17(12-6-2-3-7-13(12)18)15(23)21(16(24)20-17)10-14(22)19-9-11-5-4-8-25-11/h2-8H,9-10H2,1H3,(H,19,22)(H,20,24)/t17-/m1/s1. The van der Waals surface area contributed by atoms with E-state index in [1.165, 1.54) is 31.4 Å². The molecule has 0 radical (unpaired) electrons. The number of carbonyl (C=O) groups is 3. The van der Waals surface area contributed by atoms with Gasteiger partial charge in [-0.1, -0.05) is 18.2 Å². The van der Waals surface area contributed by atoms with E-state index in [4.69, 9.17) is 4.42 Å². The number of rotatable bonds is 5. The number of hydrogen-bond donors (Lipinski definition) is 2. The van der Waals surface area contributed by atoms with Gasteiger partial charge in [0.2, 0.25) is 5.91 Å². The quantitative estimate of drug-likeness (QED) is 0.804. The van der Waals surface area contributed by atoms with Gasteiger partial charge in [0.15, 0.2) is 0 Å². The molecular weight excluding hydrogens is 329 g/mol. The lowest BCUT2D eigenvalue weighted by Crippen LogP contribution is -2.43. The molecule has 3 rings (SSSR count). The molecular formula is C17H16FN3O4. The van der Waals surface area contributed by atoms with Crippen molar-refractivity contribution in [2.24, 2.45) is 0 Å². The lowest BCUT2D eigenvalue weighted by molar-refractivity contribution is -0.134. The second-order valence-corrected chi connectivity index (χ2v) is 5.78. The maximum Gasteiger partial charge on any atom is 0.325 e. The van der Waals surface area contributed by atoms with Crippen LogP contribution in [0.3, 0.4) is 0 Å². The largest absolute Gasteiger partial charge is 0.467 e. The molecule has 1 aliphatic rings. The molecule has 0 saturated carbocycles. The summed E-state index contributed by atoms with van der Waals surface area (Å²) in [6.07, 6.45) is 1.47. The molecule has 0 spiro atoms. The Kier molecular flexibility index (Phi) is 4.26. The molecule has 1 aliphatic heterocycles. The predicted octanol–water partition coefficient (Wildman–Crippen LogP) is 1.50. The molecule has 0 unspecified atom stereocenters. The molecule has 1 aromatic heterocycles. The summed E-state index contributed by atoms with van der Waals surface area (Å²) in [5.41, 5.74) is -1.50. The monoisotopic (exact) mass is 345 g/mol. The molecule has 4 amide bonds. The van der Waals surface area contributed by atoms with Gasteiger partial charge in [0.05, 0.1) is 12.8 Å². The van der Waals surface area contributed by atoms with Crippen LogP contribution in [0.25, 0.3) is 0 Å². The van der Waals surface area contributed by atoms with Crippen molar-refractivity contribution in [3.8, 4) is 0 Å². The molecule has 7 nitrogen and oxygen atoms in total. The summed E-state index contributed by atoms with van der Waals surface area (Å²) in [7, 11) is 0. The summed E-state index contributed by atoms with van der Waals surface area (Å²) in [5.74, 6) is -1.28. The van der Waals surface area contributed by atoms with E-state index >= 15 is 0 Å².